The largest absolute Gasteiger partial charge is 0.468 e. The molecule has 1 rings (SSSR count). The van der Waals surface area contributed by atoms with Crippen molar-refractivity contribution in [1.29, 1.82) is 0 Å². The molecule has 0 heterocycles. The van der Waals surface area contributed by atoms with Crippen molar-refractivity contribution in [3.8, 4) is 0 Å². The van der Waals surface area contributed by atoms with Crippen LogP contribution in [0, 0.1) is 17.8 Å². The van der Waals surface area contributed by atoms with E-state index >= 15 is 0 Å². The first-order chi connectivity index (χ1) is 8.51. The Bertz CT molecular complexity index is 257. The Morgan fingerprint density at radius 3 is 2.33 bits per heavy atom. The van der Waals surface area contributed by atoms with Gasteiger partial charge in [-0.25, -0.2) is 0 Å². The van der Waals surface area contributed by atoms with Gasteiger partial charge in [-0.3, -0.25) is 4.79 Å². The van der Waals surface area contributed by atoms with Gasteiger partial charge in [-0.2, -0.15) is 0 Å². The topological polar surface area (TPSA) is 38.3 Å². The van der Waals surface area contributed by atoms with Crippen LogP contribution in [-0.4, -0.2) is 25.2 Å². The molecule has 0 radical (unpaired) electrons. The summed E-state index contributed by atoms with van der Waals surface area (Å²) in [5.41, 5.74) is 0. The normalized spacial score (nSPS) is 31.7. The van der Waals surface area contributed by atoms with Gasteiger partial charge in [0.05, 0.1) is 7.11 Å². The average molecular weight is 255 g/mol. The fourth-order valence-corrected chi connectivity index (χ4v) is 3.04. The number of nitrogens with one attached hydrogen (secondary N) is 1. The van der Waals surface area contributed by atoms with Crippen molar-refractivity contribution in [1.82, 2.24) is 5.32 Å². The van der Waals surface area contributed by atoms with Crippen molar-refractivity contribution in [2.75, 3.05) is 7.11 Å². The number of methoxy groups -OCH3 is 1. The monoisotopic (exact) mass is 255 g/mol. The van der Waals surface area contributed by atoms with Crippen LogP contribution in [0.25, 0.3) is 0 Å². The minimum absolute atomic E-state index is 0.116. The fraction of sp³-hybridized carbons (Fsp3) is 0.933. The molecule has 1 aliphatic rings. The molecule has 1 aliphatic carbocycles. The summed E-state index contributed by atoms with van der Waals surface area (Å²) in [6, 6.07) is 0.282. The van der Waals surface area contributed by atoms with Gasteiger partial charge < -0.3 is 10.1 Å². The van der Waals surface area contributed by atoms with Gasteiger partial charge in [-0.05, 0) is 30.6 Å². The average Bonchev–Trinajstić information content (AvgIpc) is 2.37. The van der Waals surface area contributed by atoms with E-state index in [0.717, 1.165) is 6.42 Å². The van der Waals surface area contributed by atoms with Crippen LogP contribution in [-0.2, 0) is 9.53 Å². The molecule has 3 heteroatoms. The molecule has 1 fully saturated rings. The molecule has 106 valence electrons. The van der Waals surface area contributed by atoms with Crippen LogP contribution in [0.1, 0.15) is 53.4 Å². The Morgan fingerprint density at radius 1 is 1.33 bits per heavy atom. The van der Waals surface area contributed by atoms with Crippen LogP contribution in [0.3, 0.4) is 0 Å². The van der Waals surface area contributed by atoms with Gasteiger partial charge in [-0.1, -0.05) is 40.5 Å². The van der Waals surface area contributed by atoms with Gasteiger partial charge >= 0.3 is 5.97 Å². The standard InChI is InChI=1S/C15H29NO2/c1-6-10(2)14(15(17)18-5)16-13-11(3)8-7-9-12(13)4/h10-14,16H,6-9H2,1-5H3. The SMILES string of the molecule is CCC(C)C(NC1C(C)CCCC1C)C(=O)OC. The molecule has 0 saturated heterocycles. The van der Waals surface area contributed by atoms with E-state index in [1.54, 1.807) is 0 Å². The second kappa shape index (κ2) is 7.13. The molecule has 1 saturated carbocycles. The molecule has 18 heavy (non-hydrogen) atoms. The maximum atomic E-state index is 11.9. The number of carbonyl (C=O) groups is 1. The molecule has 0 bridgehead atoms. The van der Waals surface area contributed by atoms with E-state index < -0.39 is 0 Å². The number of rotatable bonds is 5. The van der Waals surface area contributed by atoms with Crippen LogP contribution < -0.4 is 5.32 Å². The van der Waals surface area contributed by atoms with Crippen LogP contribution in [0.15, 0.2) is 0 Å². The van der Waals surface area contributed by atoms with Gasteiger partial charge in [0, 0.05) is 6.04 Å². The zero-order valence-electron chi connectivity index (χ0n) is 12.5. The first-order valence-corrected chi connectivity index (χ1v) is 7.35. The maximum Gasteiger partial charge on any atom is 0.323 e. The molecular formula is C15H29NO2. The summed E-state index contributed by atoms with van der Waals surface area (Å²) in [4.78, 5) is 11.9. The lowest BCUT2D eigenvalue weighted by Crippen LogP contribution is -2.53. The number of esters is 1. The molecule has 4 atom stereocenters. The maximum absolute atomic E-state index is 11.9. The lowest BCUT2D eigenvalue weighted by Gasteiger charge is -2.38. The first kappa shape index (κ1) is 15.5. The summed E-state index contributed by atoms with van der Waals surface area (Å²) < 4.78 is 4.95. The third kappa shape index (κ3) is 3.71. The molecule has 3 nitrogen and oxygen atoms in total. The Hall–Kier alpha value is -0.570. The van der Waals surface area contributed by atoms with Gasteiger partial charge in [0.15, 0.2) is 0 Å². The highest BCUT2D eigenvalue weighted by Crippen LogP contribution is 2.29. The highest BCUT2D eigenvalue weighted by atomic mass is 16.5. The van der Waals surface area contributed by atoms with Gasteiger partial charge in [0.2, 0.25) is 0 Å². The number of ether oxygens (including phenoxy) is 1. The molecule has 0 aliphatic heterocycles. The molecule has 1 N–H and O–H groups in total. The summed E-state index contributed by atoms with van der Waals surface area (Å²) in [7, 11) is 1.48. The summed E-state index contributed by atoms with van der Waals surface area (Å²) in [5, 5.41) is 3.58. The number of hydrogen-bond acceptors (Lipinski definition) is 3. The predicted molar refractivity (Wildman–Crippen MR) is 74.4 cm³/mol. The Kier molecular flexibility index (Phi) is 6.13. The molecule has 0 aromatic heterocycles. The zero-order chi connectivity index (χ0) is 13.7. The van der Waals surface area contributed by atoms with Crippen molar-refractivity contribution >= 4 is 5.97 Å². The van der Waals surface area contributed by atoms with E-state index in [1.807, 2.05) is 0 Å². The highest BCUT2D eigenvalue weighted by Gasteiger charge is 2.33. The number of hydrogen-bond donors (Lipinski definition) is 1. The lowest BCUT2D eigenvalue weighted by molar-refractivity contribution is -0.145. The van der Waals surface area contributed by atoms with Crippen molar-refractivity contribution in [3.63, 3.8) is 0 Å². The van der Waals surface area contributed by atoms with Crippen molar-refractivity contribution in [3.05, 3.63) is 0 Å². The van der Waals surface area contributed by atoms with E-state index in [2.05, 4.69) is 33.0 Å². The van der Waals surface area contributed by atoms with Gasteiger partial charge in [0.1, 0.15) is 6.04 Å². The third-order valence-electron chi connectivity index (χ3n) is 4.59. The van der Waals surface area contributed by atoms with Gasteiger partial charge in [0.25, 0.3) is 0 Å². The molecular weight excluding hydrogens is 226 g/mol. The summed E-state index contributed by atoms with van der Waals surface area (Å²) >= 11 is 0. The van der Waals surface area contributed by atoms with Gasteiger partial charge in [-0.15, -0.1) is 0 Å². The fourth-order valence-electron chi connectivity index (χ4n) is 3.04. The molecule has 0 aromatic carbocycles. The number of carbonyl (C=O) groups excluding carboxylic acids is 1. The van der Waals surface area contributed by atoms with Crippen LogP contribution in [0.5, 0.6) is 0 Å². The summed E-state index contributed by atoms with van der Waals surface area (Å²) in [6.07, 6.45) is 4.82. The Labute approximate surface area is 112 Å². The summed E-state index contributed by atoms with van der Waals surface area (Å²) in [5.74, 6) is 1.49. The van der Waals surface area contributed by atoms with Crippen LogP contribution in [0.4, 0.5) is 0 Å². The minimum atomic E-state index is -0.159. The quantitative estimate of drug-likeness (QED) is 0.768. The Balaban J connectivity index is 2.72. The first-order valence-electron chi connectivity index (χ1n) is 7.35. The van der Waals surface area contributed by atoms with E-state index in [4.69, 9.17) is 4.74 Å². The van der Waals surface area contributed by atoms with E-state index in [9.17, 15) is 4.79 Å². The van der Waals surface area contributed by atoms with Crippen LogP contribution in [0.2, 0.25) is 0 Å². The molecule has 0 amide bonds. The highest BCUT2D eigenvalue weighted by molar-refractivity contribution is 5.76. The van der Waals surface area contributed by atoms with Crippen molar-refractivity contribution in [2.45, 2.75) is 65.5 Å². The molecule has 0 spiro atoms. The predicted octanol–water partition coefficient (Wildman–Crippen LogP) is 2.99. The van der Waals surface area contributed by atoms with Crippen molar-refractivity contribution < 1.29 is 9.53 Å². The second-order valence-corrected chi connectivity index (χ2v) is 5.96. The summed E-state index contributed by atoms with van der Waals surface area (Å²) in [6.45, 7) is 8.82. The third-order valence-corrected chi connectivity index (χ3v) is 4.59. The van der Waals surface area contributed by atoms with E-state index in [0.29, 0.717) is 23.8 Å². The molecule has 4 unspecified atom stereocenters. The zero-order valence-corrected chi connectivity index (χ0v) is 12.5. The minimum Gasteiger partial charge on any atom is -0.468 e. The van der Waals surface area contributed by atoms with E-state index in [-0.39, 0.29) is 12.0 Å². The lowest BCUT2D eigenvalue weighted by atomic mass is 9.78. The Morgan fingerprint density at radius 2 is 1.89 bits per heavy atom. The molecule has 0 aromatic rings. The van der Waals surface area contributed by atoms with E-state index in [1.165, 1.54) is 26.4 Å². The van der Waals surface area contributed by atoms with Crippen molar-refractivity contribution in [2.24, 2.45) is 17.8 Å². The smallest absolute Gasteiger partial charge is 0.323 e. The van der Waals surface area contributed by atoms with Crippen LogP contribution >= 0.6 is 0 Å². The second-order valence-electron chi connectivity index (χ2n) is 5.96.